The van der Waals surface area contributed by atoms with Crippen LogP contribution >= 0.6 is 22.9 Å². The van der Waals surface area contributed by atoms with Gasteiger partial charge in [0.15, 0.2) is 0 Å². The number of nitrogens with one attached hydrogen (secondary N) is 2. The molecule has 0 bridgehead atoms. The van der Waals surface area contributed by atoms with Crippen molar-refractivity contribution in [3.63, 3.8) is 0 Å². The second-order valence-electron chi connectivity index (χ2n) is 3.66. The first-order valence-corrected chi connectivity index (χ1v) is 6.54. The molecule has 2 aromatic rings. The lowest BCUT2D eigenvalue weighted by atomic mass is 10.2. The number of aromatic nitrogens is 1. The number of halogens is 1. The smallest absolute Gasteiger partial charge is 0.267 e. The molecule has 2 amide bonds. The van der Waals surface area contributed by atoms with E-state index in [9.17, 15) is 9.59 Å². The summed E-state index contributed by atoms with van der Waals surface area (Å²) in [5, 5.41) is 1.33. The van der Waals surface area contributed by atoms with Gasteiger partial charge in [-0.3, -0.25) is 20.4 Å². The number of hydrogen-bond acceptors (Lipinski definition) is 4. The zero-order chi connectivity index (χ0) is 13.8. The SMILES string of the molecule is Cc1ncc(C(=O)NNC(=O)c2ccc(Cl)cc2)s1. The van der Waals surface area contributed by atoms with Crippen LogP contribution in [0, 0.1) is 6.92 Å². The van der Waals surface area contributed by atoms with Crippen molar-refractivity contribution in [2.75, 3.05) is 0 Å². The summed E-state index contributed by atoms with van der Waals surface area (Å²) in [7, 11) is 0. The van der Waals surface area contributed by atoms with Gasteiger partial charge in [-0.15, -0.1) is 11.3 Å². The number of thiazole rings is 1. The van der Waals surface area contributed by atoms with E-state index in [4.69, 9.17) is 11.6 Å². The molecule has 0 aliphatic heterocycles. The number of aryl methyl sites for hydroxylation is 1. The molecular formula is C12H10ClN3O2S. The van der Waals surface area contributed by atoms with Crippen molar-refractivity contribution in [2.24, 2.45) is 0 Å². The fraction of sp³-hybridized carbons (Fsp3) is 0.0833. The van der Waals surface area contributed by atoms with E-state index < -0.39 is 11.8 Å². The maximum Gasteiger partial charge on any atom is 0.281 e. The minimum Gasteiger partial charge on any atom is -0.267 e. The fourth-order valence-corrected chi connectivity index (χ4v) is 2.11. The van der Waals surface area contributed by atoms with Crippen LogP contribution in [0.25, 0.3) is 0 Å². The summed E-state index contributed by atoms with van der Waals surface area (Å²) >= 11 is 6.97. The van der Waals surface area contributed by atoms with Crippen LogP contribution < -0.4 is 10.9 Å². The molecule has 0 radical (unpaired) electrons. The topological polar surface area (TPSA) is 71.1 Å². The van der Waals surface area contributed by atoms with E-state index in [1.807, 2.05) is 0 Å². The maximum absolute atomic E-state index is 11.7. The van der Waals surface area contributed by atoms with Crippen LogP contribution in [0.15, 0.2) is 30.5 Å². The van der Waals surface area contributed by atoms with Gasteiger partial charge in [-0.2, -0.15) is 0 Å². The molecule has 1 heterocycles. The Bertz CT molecular complexity index is 610. The summed E-state index contributed by atoms with van der Waals surface area (Å²) in [6.45, 7) is 1.80. The van der Waals surface area contributed by atoms with E-state index in [1.165, 1.54) is 17.5 Å². The van der Waals surface area contributed by atoms with Gasteiger partial charge in [0.05, 0.1) is 11.2 Å². The molecule has 0 unspecified atom stereocenters. The normalized spacial score (nSPS) is 10.0. The zero-order valence-corrected chi connectivity index (χ0v) is 11.5. The molecule has 7 heteroatoms. The number of hydrogen-bond donors (Lipinski definition) is 2. The van der Waals surface area contributed by atoms with Gasteiger partial charge >= 0.3 is 0 Å². The molecule has 0 atom stereocenters. The number of benzene rings is 1. The third-order valence-corrected chi connectivity index (χ3v) is 3.40. The molecule has 19 heavy (non-hydrogen) atoms. The standard InChI is InChI=1S/C12H10ClN3O2S/c1-7-14-6-10(19-7)12(18)16-15-11(17)8-2-4-9(13)5-3-8/h2-6H,1H3,(H,15,17)(H,16,18). The van der Waals surface area contributed by atoms with Crippen molar-refractivity contribution >= 4 is 34.8 Å². The van der Waals surface area contributed by atoms with Gasteiger partial charge in [0.2, 0.25) is 0 Å². The molecule has 1 aromatic carbocycles. The highest BCUT2D eigenvalue weighted by molar-refractivity contribution is 7.13. The predicted octanol–water partition coefficient (Wildman–Crippen LogP) is 2.18. The Kier molecular flexibility index (Phi) is 4.13. The number of carbonyl (C=O) groups excluding carboxylic acids is 2. The summed E-state index contributed by atoms with van der Waals surface area (Å²) in [5.74, 6) is -0.806. The molecule has 0 aliphatic rings. The van der Waals surface area contributed by atoms with Crippen LogP contribution in [-0.2, 0) is 0 Å². The second-order valence-corrected chi connectivity index (χ2v) is 5.33. The Morgan fingerprint density at radius 1 is 1.16 bits per heavy atom. The van der Waals surface area contributed by atoms with Gasteiger partial charge in [0.25, 0.3) is 11.8 Å². The van der Waals surface area contributed by atoms with Gasteiger partial charge in [-0.05, 0) is 31.2 Å². The van der Waals surface area contributed by atoms with Gasteiger partial charge in [-0.25, -0.2) is 4.98 Å². The lowest BCUT2D eigenvalue weighted by Gasteiger charge is -2.05. The third kappa shape index (κ3) is 3.52. The molecule has 1 aromatic heterocycles. The number of nitrogens with zero attached hydrogens (tertiary/aromatic N) is 1. The molecule has 5 nitrogen and oxygen atoms in total. The van der Waals surface area contributed by atoms with Gasteiger partial charge in [-0.1, -0.05) is 11.6 Å². The first-order chi connectivity index (χ1) is 9.06. The number of hydrazine groups is 1. The summed E-state index contributed by atoms with van der Waals surface area (Å²) in [4.78, 5) is 27.8. The quantitative estimate of drug-likeness (QED) is 0.834. The van der Waals surface area contributed by atoms with E-state index in [0.717, 1.165) is 5.01 Å². The Hall–Kier alpha value is -1.92. The zero-order valence-electron chi connectivity index (χ0n) is 9.94. The van der Waals surface area contributed by atoms with E-state index in [0.29, 0.717) is 15.5 Å². The number of rotatable bonds is 2. The van der Waals surface area contributed by atoms with E-state index in [2.05, 4.69) is 15.8 Å². The summed E-state index contributed by atoms with van der Waals surface area (Å²) < 4.78 is 0. The molecule has 0 saturated carbocycles. The molecule has 2 N–H and O–H groups in total. The first kappa shape index (κ1) is 13.5. The van der Waals surface area contributed by atoms with E-state index in [-0.39, 0.29) is 0 Å². The molecule has 0 fully saturated rings. The van der Waals surface area contributed by atoms with Crippen LogP contribution in [0.3, 0.4) is 0 Å². The van der Waals surface area contributed by atoms with Gasteiger partial charge < -0.3 is 0 Å². The van der Waals surface area contributed by atoms with Crippen molar-refractivity contribution in [2.45, 2.75) is 6.92 Å². The Morgan fingerprint density at radius 2 is 1.79 bits per heavy atom. The Balaban J connectivity index is 1.93. The molecule has 98 valence electrons. The van der Waals surface area contributed by atoms with Crippen LogP contribution in [0.2, 0.25) is 5.02 Å². The molecular weight excluding hydrogens is 286 g/mol. The average Bonchev–Trinajstić information content (AvgIpc) is 2.83. The monoisotopic (exact) mass is 295 g/mol. The van der Waals surface area contributed by atoms with Gasteiger partial charge in [0.1, 0.15) is 4.88 Å². The maximum atomic E-state index is 11.7. The van der Waals surface area contributed by atoms with Crippen LogP contribution in [0.5, 0.6) is 0 Å². The second kappa shape index (κ2) is 5.81. The Labute approximate surface area is 118 Å². The molecule has 0 aliphatic carbocycles. The number of amides is 2. The van der Waals surface area contributed by atoms with Crippen LogP contribution in [0.1, 0.15) is 25.0 Å². The Morgan fingerprint density at radius 3 is 2.37 bits per heavy atom. The summed E-state index contributed by atoms with van der Waals surface area (Å²) in [6.07, 6.45) is 1.46. The van der Waals surface area contributed by atoms with Gasteiger partial charge in [0, 0.05) is 10.6 Å². The van der Waals surface area contributed by atoms with Crippen molar-refractivity contribution in [3.8, 4) is 0 Å². The predicted molar refractivity (Wildman–Crippen MR) is 73.2 cm³/mol. The summed E-state index contributed by atoms with van der Waals surface area (Å²) in [6, 6.07) is 6.34. The molecule has 2 rings (SSSR count). The first-order valence-electron chi connectivity index (χ1n) is 5.35. The lowest BCUT2D eigenvalue weighted by Crippen LogP contribution is -2.41. The molecule has 0 saturated heterocycles. The highest BCUT2D eigenvalue weighted by Crippen LogP contribution is 2.11. The van der Waals surface area contributed by atoms with Crippen LogP contribution in [0.4, 0.5) is 0 Å². The van der Waals surface area contributed by atoms with Crippen molar-refractivity contribution in [3.05, 3.63) is 50.9 Å². The fourth-order valence-electron chi connectivity index (χ4n) is 1.31. The molecule has 0 spiro atoms. The van der Waals surface area contributed by atoms with Crippen molar-refractivity contribution in [1.82, 2.24) is 15.8 Å². The van der Waals surface area contributed by atoms with E-state index in [1.54, 1.807) is 31.2 Å². The number of carbonyl (C=O) groups is 2. The third-order valence-electron chi connectivity index (χ3n) is 2.24. The van der Waals surface area contributed by atoms with Crippen molar-refractivity contribution in [1.29, 1.82) is 0 Å². The highest BCUT2D eigenvalue weighted by atomic mass is 35.5. The lowest BCUT2D eigenvalue weighted by molar-refractivity contribution is 0.0849. The minimum absolute atomic E-state index is 0.395. The largest absolute Gasteiger partial charge is 0.281 e. The van der Waals surface area contributed by atoms with Crippen LogP contribution in [-0.4, -0.2) is 16.8 Å². The minimum atomic E-state index is -0.411. The van der Waals surface area contributed by atoms with E-state index >= 15 is 0 Å². The average molecular weight is 296 g/mol. The van der Waals surface area contributed by atoms with Crippen molar-refractivity contribution < 1.29 is 9.59 Å². The highest BCUT2D eigenvalue weighted by Gasteiger charge is 2.11. The summed E-state index contributed by atoms with van der Waals surface area (Å²) in [5.41, 5.74) is 5.05.